The Kier molecular flexibility index (Phi) is 3.00. The SMILES string of the molecule is CC1(C)OCC2C(O)O[C@H](CO)[C@H]2CO1. The largest absolute Gasteiger partial charge is 0.394 e. The summed E-state index contributed by atoms with van der Waals surface area (Å²) in [6.07, 6.45) is -1.20. The third-order valence-electron chi connectivity index (χ3n) is 3.13. The van der Waals surface area contributed by atoms with Crippen molar-refractivity contribution in [1.29, 1.82) is 0 Å². The Bertz CT molecular complexity index is 230. The highest BCUT2D eigenvalue weighted by Crippen LogP contribution is 2.36. The smallest absolute Gasteiger partial charge is 0.162 e. The highest BCUT2D eigenvalue weighted by molar-refractivity contribution is 4.87. The molecule has 4 atom stereocenters. The Morgan fingerprint density at radius 1 is 1.20 bits per heavy atom. The molecule has 2 rings (SSSR count). The van der Waals surface area contributed by atoms with Crippen LogP contribution in [0.2, 0.25) is 0 Å². The fraction of sp³-hybridized carbons (Fsp3) is 1.00. The van der Waals surface area contributed by atoms with Gasteiger partial charge in [0.2, 0.25) is 0 Å². The molecule has 2 aliphatic heterocycles. The van der Waals surface area contributed by atoms with E-state index in [9.17, 15) is 5.11 Å². The van der Waals surface area contributed by atoms with Crippen LogP contribution >= 0.6 is 0 Å². The molecule has 5 heteroatoms. The van der Waals surface area contributed by atoms with Crippen LogP contribution in [0.4, 0.5) is 0 Å². The molecule has 2 unspecified atom stereocenters. The molecular weight excluding hydrogens is 200 g/mol. The maximum atomic E-state index is 9.65. The molecule has 2 aliphatic rings. The van der Waals surface area contributed by atoms with Crippen molar-refractivity contribution in [1.82, 2.24) is 0 Å². The maximum absolute atomic E-state index is 9.65. The second-order valence-corrected chi connectivity index (χ2v) is 4.60. The van der Waals surface area contributed by atoms with E-state index in [1.54, 1.807) is 0 Å². The summed E-state index contributed by atoms with van der Waals surface area (Å²) in [6.45, 7) is 4.43. The Morgan fingerprint density at radius 3 is 2.40 bits per heavy atom. The molecule has 0 radical (unpaired) electrons. The molecule has 0 bridgehead atoms. The van der Waals surface area contributed by atoms with Crippen LogP contribution in [0.3, 0.4) is 0 Å². The Balaban J connectivity index is 2.09. The van der Waals surface area contributed by atoms with E-state index in [2.05, 4.69) is 0 Å². The van der Waals surface area contributed by atoms with Crippen LogP contribution in [0.1, 0.15) is 13.8 Å². The maximum Gasteiger partial charge on any atom is 0.162 e. The molecule has 2 fully saturated rings. The first-order valence-electron chi connectivity index (χ1n) is 5.26. The molecular formula is C10H18O5. The van der Waals surface area contributed by atoms with Crippen LogP contribution in [0.25, 0.3) is 0 Å². The molecule has 0 amide bonds. The first-order valence-corrected chi connectivity index (χ1v) is 5.26. The highest BCUT2D eigenvalue weighted by atomic mass is 16.7. The van der Waals surface area contributed by atoms with E-state index in [1.165, 1.54) is 0 Å². The molecule has 0 saturated carbocycles. The lowest BCUT2D eigenvalue weighted by Gasteiger charge is -2.24. The minimum absolute atomic E-state index is 0.00627. The number of aliphatic hydroxyl groups is 2. The monoisotopic (exact) mass is 218 g/mol. The van der Waals surface area contributed by atoms with Gasteiger partial charge >= 0.3 is 0 Å². The topological polar surface area (TPSA) is 68.2 Å². The van der Waals surface area contributed by atoms with E-state index in [0.29, 0.717) is 13.2 Å². The van der Waals surface area contributed by atoms with Crippen LogP contribution in [0, 0.1) is 11.8 Å². The number of rotatable bonds is 1. The van der Waals surface area contributed by atoms with E-state index in [4.69, 9.17) is 19.3 Å². The zero-order valence-electron chi connectivity index (χ0n) is 9.05. The lowest BCUT2D eigenvalue weighted by molar-refractivity contribution is -0.217. The quantitative estimate of drug-likeness (QED) is 0.633. The average Bonchev–Trinajstić information content (AvgIpc) is 2.38. The zero-order valence-corrected chi connectivity index (χ0v) is 9.05. The Labute approximate surface area is 88.9 Å². The van der Waals surface area contributed by atoms with Gasteiger partial charge in [0.25, 0.3) is 0 Å². The molecule has 0 aromatic rings. The van der Waals surface area contributed by atoms with Crippen LogP contribution in [-0.4, -0.2) is 48.2 Å². The number of fused-ring (bicyclic) bond motifs is 1. The summed E-state index contributed by atoms with van der Waals surface area (Å²) in [5.74, 6) is -0.722. The molecule has 0 aromatic heterocycles. The minimum Gasteiger partial charge on any atom is -0.394 e. The number of ether oxygens (including phenoxy) is 3. The summed E-state index contributed by atoms with van der Waals surface area (Å²) < 4.78 is 16.3. The minimum atomic E-state index is -0.857. The fourth-order valence-electron chi connectivity index (χ4n) is 2.12. The molecule has 2 heterocycles. The van der Waals surface area contributed by atoms with Crippen molar-refractivity contribution in [3.05, 3.63) is 0 Å². The van der Waals surface area contributed by atoms with Crippen LogP contribution in [-0.2, 0) is 14.2 Å². The molecule has 88 valence electrons. The van der Waals surface area contributed by atoms with Crippen molar-refractivity contribution in [2.24, 2.45) is 11.8 Å². The average molecular weight is 218 g/mol. The lowest BCUT2D eigenvalue weighted by Crippen LogP contribution is -2.30. The van der Waals surface area contributed by atoms with Gasteiger partial charge in [0, 0.05) is 11.8 Å². The second-order valence-electron chi connectivity index (χ2n) is 4.60. The molecule has 2 saturated heterocycles. The summed E-state index contributed by atoms with van der Waals surface area (Å²) >= 11 is 0. The number of aliphatic hydroxyl groups excluding tert-OH is 2. The van der Waals surface area contributed by atoms with Gasteiger partial charge in [-0.3, -0.25) is 0 Å². The van der Waals surface area contributed by atoms with Crippen LogP contribution < -0.4 is 0 Å². The zero-order chi connectivity index (χ0) is 11.1. The predicted molar refractivity (Wildman–Crippen MR) is 50.9 cm³/mol. The fourth-order valence-corrected chi connectivity index (χ4v) is 2.12. The van der Waals surface area contributed by atoms with Crippen molar-refractivity contribution in [2.45, 2.75) is 32.0 Å². The number of hydrogen-bond acceptors (Lipinski definition) is 5. The van der Waals surface area contributed by atoms with Crippen molar-refractivity contribution < 1.29 is 24.4 Å². The third kappa shape index (κ3) is 2.16. The van der Waals surface area contributed by atoms with Crippen molar-refractivity contribution in [3.63, 3.8) is 0 Å². The normalized spacial score (nSPS) is 44.8. The Hall–Kier alpha value is -0.200. The van der Waals surface area contributed by atoms with Gasteiger partial charge in [0.1, 0.15) is 0 Å². The van der Waals surface area contributed by atoms with E-state index in [1.807, 2.05) is 13.8 Å². The van der Waals surface area contributed by atoms with E-state index in [-0.39, 0.29) is 24.5 Å². The van der Waals surface area contributed by atoms with Crippen molar-refractivity contribution >= 4 is 0 Å². The summed E-state index contributed by atoms with van der Waals surface area (Å²) in [6, 6.07) is 0. The van der Waals surface area contributed by atoms with Gasteiger partial charge in [0.05, 0.1) is 25.9 Å². The standard InChI is InChI=1S/C10H18O5/c1-10(2)13-4-6-7(5-14-10)9(12)15-8(6)3-11/h6-9,11-12H,3-5H2,1-2H3/t6-,7?,8+,9?/m0/s1. The Morgan fingerprint density at radius 2 is 1.80 bits per heavy atom. The van der Waals surface area contributed by atoms with Gasteiger partial charge in [-0.15, -0.1) is 0 Å². The van der Waals surface area contributed by atoms with Gasteiger partial charge in [-0.25, -0.2) is 0 Å². The summed E-state index contributed by atoms with van der Waals surface area (Å²) in [7, 11) is 0. The summed E-state index contributed by atoms with van der Waals surface area (Å²) in [5, 5.41) is 18.8. The van der Waals surface area contributed by atoms with Gasteiger partial charge in [-0.1, -0.05) is 0 Å². The van der Waals surface area contributed by atoms with E-state index >= 15 is 0 Å². The van der Waals surface area contributed by atoms with Gasteiger partial charge < -0.3 is 24.4 Å². The van der Waals surface area contributed by atoms with Gasteiger partial charge in [-0.2, -0.15) is 0 Å². The third-order valence-corrected chi connectivity index (χ3v) is 3.13. The summed E-state index contributed by atoms with van der Waals surface area (Å²) in [5.41, 5.74) is 0. The lowest BCUT2D eigenvalue weighted by atomic mass is 9.92. The van der Waals surface area contributed by atoms with Crippen molar-refractivity contribution in [2.75, 3.05) is 19.8 Å². The van der Waals surface area contributed by atoms with Crippen molar-refractivity contribution in [3.8, 4) is 0 Å². The molecule has 5 nitrogen and oxygen atoms in total. The molecule has 0 aliphatic carbocycles. The predicted octanol–water partition coefficient (Wildman–Crippen LogP) is -0.289. The summed E-state index contributed by atoms with van der Waals surface area (Å²) in [4.78, 5) is 0. The second kappa shape index (κ2) is 3.99. The van der Waals surface area contributed by atoms with Crippen LogP contribution in [0.15, 0.2) is 0 Å². The first kappa shape index (κ1) is 11.3. The molecule has 15 heavy (non-hydrogen) atoms. The van der Waals surface area contributed by atoms with Gasteiger partial charge in [-0.05, 0) is 13.8 Å². The first-order chi connectivity index (χ1) is 7.03. The van der Waals surface area contributed by atoms with Crippen LogP contribution in [0.5, 0.6) is 0 Å². The van der Waals surface area contributed by atoms with E-state index in [0.717, 1.165) is 0 Å². The molecule has 2 N–H and O–H groups in total. The van der Waals surface area contributed by atoms with Gasteiger partial charge in [0.15, 0.2) is 12.1 Å². The highest BCUT2D eigenvalue weighted by Gasteiger charge is 2.46. The number of hydrogen-bond donors (Lipinski definition) is 2. The van der Waals surface area contributed by atoms with E-state index < -0.39 is 12.1 Å². The molecule has 0 spiro atoms. The molecule has 0 aromatic carbocycles.